The van der Waals surface area contributed by atoms with Crippen LogP contribution in [0.25, 0.3) is 0 Å². The third kappa shape index (κ3) is 2.94. The van der Waals surface area contributed by atoms with Crippen LogP contribution in [0, 0.1) is 0 Å². The number of urea groups is 1. The molecule has 0 aromatic heterocycles. The third-order valence-electron chi connectivity index (χ3n) is 4.91. The van der Waals surface area contributed by atoms with Crippen LogP contribution in [0.2, 0.25) is 0 Å². The first-order valence-electron chi connectivity index (χ1n) is 8.67. The molecule has 4 amide bonds. The lowest BCUT2D eigenvalue weighted by molar-refractivity contribution is -0.136. The number of fused-ring (bicyclic) bond motifs is 2. The molecular formula is C18H23N3O4. The lowest BCUT2D eigenvalue weighted by atomic mass is 9.84. The molecule has 1 saturated heterocycles. The van der Waals surface area contributed by atoms with Crippen LogP contribution in [0.1, 0.15) is 38.7 Å². The van der Waals surface area contributed by atoms with Gasteiger partial charge >= 0.3 is 6.03 Å². The molecule has 0 bridgehead atoms. The average molecular weight is 345 g/mol. The van der Waals surface area contributed by atoms with E-state index in [1.165, 1.54) is 0 Å². The summed E-state index contributed by atoms with van der Waals surface area (Å²) >= 11 is 0. The molecule has 1 aromatic rings. The van der Waals surface area contributed by atoms with Gasteiger partial charge in [0.25, 0.3) is 5.91 Å². The molecule has 0 saturated carbocycles. The Hall–Kier alpha value is -2.57. The topological polar surface area (TPSA) is 87.7 Å². The first-order chi connectivity index (χ1) is 12.0. The molecule has 1 spiro atoms. The highest BCUT2D eigenvalue weighted by Crippen LogP contribution is 2.40. The van der Waals surface area contributed by atoms with E-state index in [2.05, 4.69) is 10.6 Å². The number of amides is 4. The van der Waals surface area contributed by atoms with E-state index in [1.54, 1.807) is 18.2 Å². The Bertz CT molecular complexity index is 701. The van der Waals surface area contributed by atoms with E-state index in [9.17, 15) is 14.4 Å². The Labute approximate surface area is 146 Å². The maximum Gasteiger partial charge on any atom is 0.325 e. The molecule has 1 atom stereocenters. The van der Waals surface area contributed by atoms with Gasteiger partial charge in [0.1, 0.15) is 12.3 Å². The molecule has 134 valence electrons. The van der Waals surface area contributed by atoms with Gasteiger partial charge in [0.2, 0.25) is 5.91 Å². The second-order valence-electron chi connectivity index (χ2n) is 6.40. The third-order valence-corrected chi connectivity index (χ3v) is 4.91. The molecular weight excluding hydrogens is 322 g/mol. The Balaban J connectivity index is 1.81. The Morgan fingerprint density at radius 1 is 1.32 bits per heavy atom. The first-order valence-corrected chi connectivity index (χ1v) is 8.67. The maximum atomic E-state index is 13.0. The molecule has 1 unspecified atom stereocenters. The fourth-order valence-electron chi connectivity index (χ4n) is 3.43. The van der Waals surface area contributed by atoms with Gasteiger partial charge in [0.05, 0.1) is 6.61 Å². The van der Waals surface area contributed by atoms with E-state index in [1.807, 2.05) is 19.9 Å². The molecule has 1 fully saturated rings. The number of carbonyl (C=O) groups is 3. The number of ether oxygens (including phenoxy) is 1. The normalized spacial score (nSPS) is 22.0. The number of benzene rings is 1. The fraction of sp³-hybridized carbons (Fsp3) is 0.500. The minimum Gasteiger partial charge on any atom is -0.493 e. The van der Waals surface area contributed by atoms with Crippen molar-refractivity contribution in [1.29, 1.82) is 0 Å². The molecule has 0 radical (unpaired) electrons. The van der Waals surface area contributed by atoms with Gasteiger partial charge in [0.15, 0.2) is 5.54 Å². The summed E-state index contributed by atoms with van der Waals surface area (Å²) < 4.78 is 5.59. The molecule has 25 heavy (non-hydrogen) atoms. The standard InChI is InChI=1S/C18H23N3O4/c1-3-12(4-2)19-15(22)11-21-16(23)18(20-17(21)24)9-10-25-14-8-6-5-7-13(14)18/h5-8,12H,3-4,9-11H2,1-2H3,(H,19,22)(H,20,24). The molecule has 2 N–H and O–H groups in total. The van der Waals surface area contributed by atoms with Crippen molar-refractivity contribution in [2.45, 2.75) is 44.7 Å². The highest BCUT2D eigenvalue weighted by molar-refractivity contribution is 6.09. The summed E-state index contributed by atoms with van der Waals surface area (Å²) in [6, 6.07) is 6.68. The largest absolute Gasteiger partial charge is 0.493 e. The van der Waals surface area contributed by atoms with E-state index in [4.69, 9.17) is 4.74 Å². The maximum absolute atomic E-state index is 13.0. The summed E-state index contributed by atoms with van der Waals surface area (Å²) in [5.41, 5.74) is -0.497. The van der Waals surface area contributed by atoms with Crippen molar-refractivity contribution in [1.82, 2.24) is 15.5 Å². The van der Waals surface area contributed by atoms with Gasteiger partial charge in [-0.3, -0.25) is 14.5 Å². The quantitative estimate of drug-likeness (QED) is 0.792. The molecule has 2 heterocycles. The lowest BCUT2D eigenvalue weighted by Gasteiger charge is -2.33. The summed E-state index contributed by atoms with van der Waals surface area (Å²) in [7, 11) is 0. The van der Waals surface area contributed by atoms with Gasteiger partial charge in [0, 0.05) is 18.0 Å². The molecule has 7 nitrogen and oxygen atoms in total. The Morgan fingerprint density at radius 3 is 2.76 bits per heavy atom. The minimum absolute atomic E-state index is 0.0473. The zero-order valence-electron chi connectivity index (χ0n) is 14.5. The van der Waals surface area contributed by atoms with Crippen molar-refractivity contribution in [2.24, 2.45) is 0 Å². The van der Waals surface area contributed by atoms with Gasteiger partial charge in [-0.05, 0) is 18.9 Å². The smallest absolute Gasteiger partial charge is 0.325 e. The van der Waals surface area contributed by atoms with Gasteiger partial charge in [-0.1, -0.05) is 32.0 Å². The molecule has 7 heteroatoms. The number of nitrogens with zero attached hydrogens (tertiary/aromatic N) is 1. The number of hydrogen-bond donors (Lipinski definition) is 2. The van der Waals surface area contributed by atoms with Gasteiger partial charge in [-0.25, -0.2) is 4.79 Å². The lowest BCUT2D eigenvalue weighted by Crippen LogP contribution is -2.48. The SMILES string of the molecule is CCC(CC)NC(=O)CN1C(=O)NC2(CCOc3ccccc32)C1=O. The van der Waals surface area contributed by atoms with Crippen LogP contribution in [0.4, 0.5) is 4.79 Å². The highest BCUT2D eigenvalue weighted by Gasteiger charge is 2.55. The summed E-state index contributed by atoms with van der Waals surface area (Å²) in [6.07, 6.45) is 1.95. The Morgan fingerprint density at radius 2 is 2.04 bits per heavy atom. The number of hydrogen-bond acceptors (Lipinski definition) is 4. The van der Waals surface area contributed by atoms with Crippen LogP contribution in [-0.4, -0.2) is 41.9 Å². The summed E-state index contributed by atoms with van der Waals surface area (Å²) in [5, 5.41) is 5.65. The van der Waals surface area contributed by atoms with E-state index in [0.717, 1.165) is 17.7 Å². The highest BCUT2D eigenvalue weighted by atomic mass is 16.5. The molecule has 1 aromatic carbocycles. The van der Waals surface area contributed by atoms with E-state index < -0.39 is 17.5 Å². The van der Waals surface area contributed by atoms with Crippen molar-refractivity contribution in [3.8, 4) is 5.75 Å². The van der Waals surface area contributed by atoms with Crippen LogP contribution in [0.3, 0.4) is 0 Å². The van der Waals surface area contributed by atoms with Crippen LogP contribution < -0.4 is 15.4 Å². The number of nitrogens with one attached hydrogen (secondary N) is 2. The number of para-hydroxylation sites is 1. The van der Waals surface area contributed by atoms with E-state index >= 15 is 0 Å². The minimum atomic E-state index is -1.14. The van der Waals surface area contributed by atoms with Gasteiger partial charge in [-0.2, -0.15) is 0 Å². The summed E-state index contributed by atoms with van der Waals surface area (Å²) in [4.78, 5) is 38.6. The molecule has 2 aliphatic rings. The average Bonchev–Trinajstić information content (AvgIpc) is 2.85. The van der Waals surface area contributed by atoms with Crippen molar-refractivity contribution >= 4 is 17.8 Å². The van der Waals surface area contributed by atoms with E-state index in [0.29, 0.717) is 24.3 Å². The number of rotatable bonds is 5. The molecule has 0 aliphatic carbocycles. The second-order valence-corrected chi connectivity index (χ2v) is 6.40. The monoisotopic (exact) mass is 345 g/mol. The summed E-state index contributed by atoms with van der Waals surface area (Å²) in [5.74, 6) is -0.131. The van der Waals surface area contributed by atoms with E-state index in [-0.39, 0.29) is 18.5 Å². The van der Waals surface area contributed by atoms with Crippen LogP contribution in [0.5, 0.6) is 5.75 Å². The predicted molar refractivity (Wildman–Crippen MR) is 91.0 cm³/mol. The van der Waals surface area contributed by atoms with Crippen LogP contribution in [0.15, 0.2) is 24.3 Å². The second kappa shape index (κ2) is 6.74. The Kier molecular flexibility index (Phi) is 4.65. The fourth-order valence-corrected chi connectivity index (χ4v) is 3.43. The van der Waals surface area contributed by atoms with Crippen molar-refractivity contribution in [2.75, 3.05) is 13.2 Å². The molecule has 2 aliphatic heterocycles. The summed E-state index contributed by atoms with van der Waals surface area (Å²) in [6.45, 7) is 4.02. The van der Waals surface area contributed by atoms with Crippen LogP contribution >= 0.6 is 0 Å². The van der Waals surface area contributed by atoms with Crippen molar-refractivity contribution < 1.29 is 19.1 Å². The zero-order valence-corrected chi connectivity index (χ0v) is 14.5. The van der Waals surface area contributed by atoms with Gasteiger partial charge in [-0.15, -0.1) is 0 Å². The zero-order chi connectivity index (χ0) is 18.0. The molecule has 3 rings (SSSR count). The van der Waals surface area contributed by atoms with Gasteiger partial charge < -0.3 is 15.4 Å². The first kappa shape index (κ1) is 17.3. The van der Waals surface area contributed by atoms with Crippen molar-refractivity contribution in [3.05, 3.63) is 29.8 Å². The number of imide groups is 1. The number of carbonyl (C=O) groups excluding carboxylic acids is 3. The van der Waals surface area contributed by atoms with Crippen molar-refractivity contribution in [3.63, 3.8) is 0 Å². The predicted octanol–water partition coefficient (Wildman–Crippen LogP) is 1.52. The van der Waals surface area contributed by atoms with Crippen LogP contribution in [-0.2, 0) is 15.1 Å².